The molecule has 0 aromatic carbocycles. The van der Waals surface area contributed by atoms with Crippen LogP contribution >= 0.6 is 0 Å². The van der Waals surface area contributed by atoms with Gasteiger partial charge in [-0.25, -0.2) is 4.98 Å². The van der Waals surface area contributed by atoms with Crippen molar-refractivity contribution in [3.8, 4) is 0 Å². The normalized spacial score (nSPS) is 16.9. The fourth-order valence-electron chi connectivity index (χ4n) is 2.79. The monoisotopic (exact) mass is 318 g/mol. The van der Waals surface area contributed by atoms with Crippen molar-refractivity contribution in [1.82, 2.24) is 10.3 Å². The molecular formula is C17H26N4O2. The van der Waals surface area contributed by atoms with E-state index in [9.17, 15) is 9.59 Å². The van der Waals surface area contributed by atoms with Gasteiger partial charge in [0.2, 0.25) is 5.91 Å². The van der Waals surface area contributed by atoms with Gasteiger partial charge in [-0.05, 0) is 37.3 Å². The van der Waals surface area contributed by atoms with Crippen LogP contribution < -0.4 is 16.0 Å². The smallest absolute Gasteiger partial charge is 0.252 e. The van der Waals surface area contributed by atoms with Crippen molar-refractivity contribution in [2.24, 2.45) is 17.6 Å². The number of nitrogens with one attached hydrogen (secondary N) is 1. The van der Waals surface area contributed by atoms with E-state index in [0.717, 1.165) is 38.9 Å². The number of rotatable bonds is 6. The summed E-state index contributed by atoms with van der Waals surface area (Å²) in [5.74, 6) is 0.899. The first-order valence-electron chi connectivity index (χ1n) is 8.30. The van der Waals surface area contributed by atoms with Gasteiger partial charge in [-0.15, -0.1) is 0 Å². The van der Waals surface area contributed by atoms with Crippen LogP contribution in [0.3, 0.4) is 0 Å². The van der Waals surface area contributed by atoms with E-state index in [2.05, 4.69) is 15.2 Å². The van der Waals surface area contributed by atoms with Gasteiger partial charge in [-0.2, -0.15) is 0 Å². The molecule has 23 heavy (non-hydrogen) atoms. The van der Waals surface area contributed by atoms with Crippen LogP contribution in [0.25, 0.3) is 0 Å². The van der Waals surface area contributed by atoms with Crippen molar-refractivity contribution in [2.45, 2.75) is 33.1 Å². The van der Waals surface area contributed by atoms with Gasteiger partial charge in [0.15, 0.2) is 0 Å². The zero-order chi connectivity index (χ0) is 16.8. The molecule has 1 aromatic rings. The molecule has 1 aromatic heterocycles. The number of piperidine rings is 1. The van der Waals surface area contributed by atoms with Crippen LogP contribution in [0.1, 0.15) is 43.5 Å². The first-order chi connectivity index (χ1) is 11.0. The predicted octanol–water partition coefficient (Wildman–Crippen LogP) is 1.56. The Morgan fingerprint density at radius 3 is 2.74 bits per heavy atom. The van der Waals surface area contributed by atoms with Gasteiger partial charge in [0.1, 0.15) is 5.82 Å². The lowest BCUT2D eigenvalue weighted by Crippen LogP contribution is -2.40. The molecule has 0 unspecified atom stereocenters. The lowest BCUT2D eigenvalue weighted by atomic mass is 9.96. The van der Waals surface area contributed by atoms with E-state index in [0.29, 0.717) is 17.3 Å². The SMILES string of the molecule is CC[C@H](C)C(=O)NCC1CCN(c2ncccc2C(N)=O)CC1. The maximum absolute atomic E-state index is 11.8. The van der Waals surface area contributed by atoms with Crippen LogP contribution in [0.15, 0.2) is 18.3 Å². The van der Waals surface area contributed by atoms with Crippen molar-refractivity contribution >= 4 is 17.6 Å². The molecule has 126 valence electrons. The Hall–Kier alpha value is -2.11. The fourth-order valence-corrected chi connectivity index (χ4v) is 2.79. The molecule has 2 amide bonds. The quantitative estimate of drug-likeness (QED) is 0.833. The number of carbonyl (C=O) groups is 2. The number of nitrogens with two attached hydrogens (primary N) is 1. The van der Waals surface area contributed by atoms with E-state index >= 15 is 0 Å². The number of nitrogens with zero attached hydrogens (tertiary/aromatic N) is 2. The topological polar surface area (TPSA) is 88.3 Å². The zero-order valence-corrected chi connectivity index (χ0v) is 13.9. The molecule has 2 rings (SSSR count). The summed E-state index contributed by atoms with van der Waals surface area (Å²) in [6.07, 6.45) is 4.48. The Balaban J connectivity index is 1.87. The first-order valence-corrected chi connectivity index (χ1v) is 8.30. The first kappa shape index (κ1) is 17.2. The summed E-state index contributed by atoms with van der Waals surface area (Å²) in [6.45, 7) is 6.33. The van der Waals surface area contributed by atoms with Crippen LogP contribution in [0.2, 0.25) is 0 Å². The van der Waals surface area contributed by atoms with E-state index in [4.69, 9.17) is 5.73 Å². The average molecular weight is 318 g/mol. The number of anilines is 1. The third kappa shape index (κ3) is 4.43. The molecule has 1 fully saturated rings. The van der Waals surface area contributed by atoms with Gasteiger partial charge in [-0.3, -0.25) is 9.59 Å². The minimum absolute atomic E-state index is 0.0710. The van der Waals surface area contributed by atoms with Crippen LogP contribution in [0, 0.1) is 11.8 Å². The highest BCUT2D eigenvalue weighted by Crippen LogP contribution is 2.24. The Morgan fingerprint density at radius 2 is 2.13 bits per heavy atom. The number of primary amides is 1. The number of hydrogen-bond donors (Lipinski definition) is 2. The van der Waals surface area contributed by atoms with Gasteiger partial charge in [-0.1, -0.05) is 13.8 Å². The van der Waals surface area contributed by atoms with E-state index in [1.807, 2.05) is 13.8 Å². The number of aromatic nitrogens is 1. The fraction of sp³-hybridized carbons (Fsp3) is 0.588. The van der Waals surface area contributed by atoms with E-state index in [1.165, 1.54) is 0 Å². The van der Waals surface area contributed by atoms with E-state index < -0.39 is 5.91 Å². The highest BCUT2D eigenvalue weighted by molar-refractivity contribution is 5.97. The van der Waals surface area contributed by atoms with Gasteiger partial charge < -0.3 is 16.0 Å². The van der Waals surface area contributed by atoms with Crippen LogP contribution in [0.4, 0.5) is 5.82 Å². The third-order valence-electron chi connectivity index (χ3n) is 4.59. The molecule has 1 saturated heterocycles. The lowest BCUT2D eigenvalue weighted by molar-refractivity contribution is -0.124. The minimum Gasteiger partial charge on any atom is -0.365 e. The molecular weight excluding hydrogens is 292 g/mol. The average Bonchev–Trinajstić information content (AvgIpc) is 2.59. The van der Waals surface area contributed by atoms with Gasteiger partial charge in [0.05, 0.1) is 5.56 Å². The van der Waals surface area contributed by atoms with Crippen molar-refractivity contribution in [3.63, 3.8) is 0 Å². The molecule has 3 N–H and O–H groups in total. The maximum atomic E-state index is 11.8. The summed E-state index contributed by atoms with van der Waals surface area (Å²) in [7, 11) is 0. The summed E-state index contributed by atoms with van der Waals surface area (Å²) >= 11 is 0. The summed E-state index contributed by atoms with van der Waals surface area (Å²) in [5.41, 5.74) is 5.89. The van der Waals surface area contributed by atoms with Crippen molar-refractivity contribution in [3.05, 3.63) is 23.9 Å². The number of amides is 2. The van der Waals surface area contributed by atoms with Crippen molar-refractivity contribution in [1.29, 1.82) is 0 Å². The summed E-state index contributed by atoms with van der Waals surface area (Å²) in [4.78, 5) is 29.8. The molecule has 1 aliphatic heterocycles. The van der Waals surface area contributed by atoms with Crippen LogP contribution in [0.5, 0.6) is 0 Å². The second-order valence-corrected chi connectivity index (χ2v) is 6.22. The zero-order valence-electron chi connectivity index (χ0n) is 13.9. The van der Waals surface area contributed by atoms with Gasteiger partial charge >= 0.3 is 0 Å². The molecule has 0 saturated carbocycles. The molecule has 2 heterocycles. The Bertz CT molecular complexity index is 553. The number of hydrogen-bond acceptors (Lipinski definition) is 4. The lowest BCUT2D eigenvalue weighted by Gasteiger charge is -2.33. The third-order valence-corrected chi connectivity index (χ3v) is 4.59. The Labute approximate surface area is 137 Å². The minimum atomic E-state index is -0.448. The molecule has 0 bridgehead atoms. The maximum Gasteiger partial charge on any atom is 0.252 e. The Morgan fingerprint density at radius 1 is 1.43 bits per heavy atom. The molecule has 0 radical (unpaired) electrons. The van der Waals surface area contributed by atoms with E-state index in [-0.39, 0.29) is 11.8 Å². The van der Waals surface area contributed by atoms with Crippen molar-refractivity contribution < 1.29 is 9.59 Å². The predicted molar refractivity (Wildman–Crippen MR) is 90.2 cm³/mol. The van der Waals surface area contributed by atoms with E-state index in [1.54, 1.807) is 18.3 Å². The second-order valence-electron chi connectivity index (χ2n) is 6.22. The highest BCUT2D eigenvalue weighted by atomic mass is 16.2. The molecule has 6 heteroatoms. The van der Waals surface area contributed by atoms with Gasteiger partial charge in [0, 0.05) is 31.7 Å². The molecule has 6 nitrogen and oxygen atoms in total. The van der Waals surface area contributed by atoms with Gasteiger partial charge in [0.25, 0.3) is 5.91 Å². The van der Waals surface area contributed by atoms with Crippen LogP contribution in [-0.2, 0) is 4.79 Å². The summed E-state index contributed by atoms with van der Waals surface area (Å²) in [6, 6.07) is 3.43. The summed E-state index contributed by atoms with van der Waals surface area (Å²) < 4.78 is 0. The second kappa shape index (κ2) is 7.94. The standard InChI is InChI=1S/C17H26N4O2/c1-3-12(2)17(23)20-11-13-6-9-21(10-7-13)16-14(15(18)22)5-4-8-19-16/h4-5,8,12-13H,3,6-7,9-11H2,1-2H3,(H2,18,22)(H,20,23)/t12-/m0/s1. The molecule has 0 spiro atoms. The molecule has 1 atom stereocenters. The summed E-state index contributed by atoms with van der Waals surface area (Å²) in [5, 5.41) is 3.04. The van der Waals surface area contributed by atoms with Crippen molar-refractivity contribution in [2.75, 3.05) is 24.5 Å². The molecule has 1 aliphatic rings. The number of pyridine rings is 1. The molecule has 0 aliphatic carbocycles. The largest absolute Gasteiger partial charge is 0.365 e. The highest BCUT2D eigenvalue weighted by Gasteiger charge is 2.23. The Kier molecular flexibility index (Phi) is 5.96. The van der Waals surface area contributed by atoms with Crippen LogP contribution in [-0.4, -0.2) is 36.4 Å². The number of carbonyl (C=O) groups excluding carboxylic acids is 2.